The molecule has 0 aromatic heterocycles. The summed E-state index contributed by atoms with van der Waals surface area (Å²) in [6.07, 6.45) is 1.53. The number of hydrogen-bond donors (Lipinski definition) is 2. The number of carbonyl (C=O) groups excluding carboxylic acids is 4. The summed E-state index contributed by atoms with van der Waals surface area (Å²) in [5, 5.41) is 2.24. The lowest BCUT2D eigenvalue weighted by Crippen LogP contribution is -2.36. The summed E-state index contributed by atoms with van der Waals surface area (Å²) < 4.78 is 6.14. The molecule has 0 unspecified atom stereocenters. The number of rotatable bonds is 7. The molecular formula is C21H18BrN3O5S. The van der Waals surface area contributed by atoms with E-state index in [2.05, 4.69) is 21.2 Å². The lowest BCUT2D eigenvalue weighted by atomic mass is 10.2. The fraction of sp³-hybridized carbons (Fsp3) is 0.143. The minimum absolute atomic E-state index is 0.182. The van der Waals surface area contributed by atoms with E-state index in [4.69, 9.17) is 10.5 Å². The average molecular weight is 504 g/mol. The van der Waals surface area contributed by atoms with Gasteiger partial charge in [-0.3, -0.25) is 24.1 Å². The summed E-state index contributed by atoms with van der Waals surface area (Å²) in [6, 6.07) is 12.4. The van der Waals surface area contributed by atoms with E-state index in [0.717, 1.165) is 27.9 Å². The van der Waals surface area contributed by atoms with Crippen LogP contribution in [0.1, 0.15) is 11.1 Å². The number of anilines is 1. The molecule has 160 valence electrons. The second kappa shape index (κ2) is 9.80. The van der Waals surface area contributed by atoms with E-state index < -0.39 is 23.6 Å². The number of para-hydroxylation sites is 1. The van der Waals surface area contributed by atoms with Crippen molar-refractivity contribution in [2.24, 2.45) is 5.73 Å². The molecule has 0 spiro atoms. The minimum atomic E-state index is -0.765. The van der Waals surface area contributed by atoms with E-state index in [1.165, 1.54) is 6.08 Å². The van der Waals surface area contributed by atoms with Crippen LogP contribution in [-0.2, 0) is 14.4 Å². The number of hydrogen-bond acceptors (Lipinski definition) is 6. The Morgan fingerprint density at radius 2 is 1.97 bits per heavy atom. The van der Waals surface area contributed by atoms with Gasteiger partial charge in [-0.15, -0.1) is 0 Å². The average Bonchev–Trinajstić information content (AvgIpc) is 2.96. The quantitative estimate of drug-likeness (QED) is 0.559. The highest BCUT2D eigenvalue weighted by Crippen LogP contribution is 2.33. The van der Waals surface area contributed by atoms with Gasteiger partial charge in [-0.2, -0.15) is 0 Å². The molecule has 3 rings (SSSR count). The number of primary amides is 1. The third kappa shape index (κ3) is 5.74. The zero-order valence-electron chi connectivity index (χ0n) is 16.4. The van der Waals surface area contributed by atoms with Crippen LogP contribution in [0.5, 0.6) is 5.75 Å². The number of nitrogens with two attached hydrogens (primary N) is 1. The van der Waals surface area contributed by atoms with Crippen molar-refractivity contribution >= 4 is 62.4 Å². The first kappa shape index (κ1) is 22.6. The van der Waals surface area contributed by atoms with Gasteiger partial charge in [0.25, 0.3) is 17.1 Å². The molecule has 10 heteroatoms. The molecule has 3 N–H and O–H groups in total. The monoisotopic (exact) mass is 503 g/mol. The zero-order valence-corrected chi connectivity index (χ0v) is 18.8. The van der Waals surface area contributed by atoms with E-state index >= 15 is 0 Å². The van der Waals surface area contributed by atoms with Crippen LogP contribution in [0.25, 0.3) is 6.08 Å². The third-order valence-corrected chi connectivity index (χ3v) is 5.75. The van der Waals surface area contributed by atoms with Gasteiger partial charge in [-0.25, -0.2) is 0 Å². The van der Waals surface area contributed by atoms with Crippen molar-refractivity contribution < 1.29 is 23.9 Å². The van der Waals surface area contributed by atoms with Crippen molar-refractivity contribution in [3.8, 4) is 5.75 Å². The molecule has 0 radical (unpaired) electrons. The topological polar surface area (TPSA) is 119 Å². The molecule has 1 aliphatic rings. The van der Waals surface area contributed by atoms with Crippen LogP contribution in [0.4, 0.5) is 10.5 Å². The summed E-state index contributed by atoms with van der Waals surface area (Å²) in [5.41, 5.74) is 7.37. The minimum Gasteiger partial charge on any atom is -0.483 e. The Hall–Kier alpha value is -3.11. The highest BCUT2D eigenvalue weighted by atomic mass is 79.9. The second-order valence-corrected chi connectivity index (χ2v) is 8.42. The molecule has 0 bridgehead atoms. The van der Waals surface area contributed by atoms with Crippen LogP contribution in [0.3, 0.4) is 0 Å². The number of amides is 4. The van der Waals surface area contributed by atoms with Crippen LogP contribution in [0.2, 0.25) is 0 Å². The molecular weight excluding hydrogens is 486 g/mol. The number of aryl methyl sites for hydroxylation is 1. The van der Waals surface area contributed by atoms with E-state index in [-0.39, 0.29) is 17.4 Å². The standard InChI is InChI=1S/C21H18BrN3O5S/c1-12-4-2-3-5-15(12)24-19(27)11-30-16-7-6-13(8-14(16)22)9-17-20(28)25(10-18(23)26)21(29)31-17/h2-9H,10-11H2,1H3,(H2,23,26)(H,24,27)/b17-9-. The van der Waals surface area contributed by atoms with Gasteiger partial charge >= 0.3 is 0 Å². The Bertz CT molecular complexity index is 1100. The maximum Gasteiger partial charge on any atom is 0.294 e. The lowest BCUT2D eigenvalue weighted by molar-refractivity contribution is -0.127. The maximum atomic E-state index is 12.3. The van der Waals surface area contributed by atoms with Gasteiger partial charge in [0.1, 0.15) is 12.3 Å². The Balaban J connectivity index is 1.64. The van der Waals surface area contributed by atoms with E-state index in [0.29, 0.717) is 15.8 Å². The molecule has 1 fully saturated rings. The van der Waals surface area contributed by atoms with Gasteiger partial charge in [0, 0.05) is 5.69 Å². The molecule has 4 amide bonds. The van der Waals surface area contributed by atoms with E-state index in [1.54, 1.807) is 18.2 Å². The van der Waals surface area contributed by atoms with Gasteiger partial charge in [0.05, 0.1) is 9.38 Å². The molecule has 1 saturated heterocycles. The Labute approximate surface area is 190 Å². The van der Waals surface area contributed by atoms with Crippen molar-refractivity contribution in [3.05, 3.63) is 63.0 Å². The summed E-state index contributed by atoms with van der Waals surface area (Å²) in [7, 11) is 0. The highest BCUT2D eigenvalue weighted by Gasteiger charge is 2.35. The van der Waals surface area contributed by atoms with Gasteiger partial charge in [-0.1, -0.05) is 24.3 Å². The Kier molecular flexibility index (Phi) is 7.13. The van der Waals surface area contributed by atoms with Crippen LogP contribution in [-0.4, -0.2) is 41.0 Å². The summed E-state index contributed by atoms with van der Waals surface area (Å²) in [6.45, 7) is 1.26. The first-order chi connectivity index (χ1) is 14.7. The normalized spacial score (nSPS) is 14.8. The van der Waals surface area contributed by atoms with Crippen LogP contribution >= 0.6 is 27.7 Å². The lowest BCUT2D eigenvalue weighted by Gasteiger charge is -2.11. The summed E-state index contributed by atoms with van der Waals surface area (Å²) in [4.78, 5) is 48.3. The Morgan fingerprint density at radius 1 is 1.23 bits per heavy atom. The molecule has 0 saturated carbocycles. The first-order valence-corrected chi connectivity index (χ1v) is 10.7. The fourth-order valence-corrected chi connectivity index (χ4v) is 4.06. The molecule has 1 heterocycles. The predicted molar refractivity (Wildman–Crippen MR) is 121 cm³/mol. The number of imide groups is 1. The number of thioether (sulfide) groups is 1. The summed E-state index contributed by atoms with van der Waals surface area (Å²) in [5.74, 6) is -1.19. The zero-order chi connectivity index (χ0) is 22.5. The SMILES string of the molecule is Cc1ccccc1NC(=O)COc1ccc(/C=C2\SC(=O)N(CC(N)=O)C2=O)cc1Br. The van der Waals surface area contributed by atoms with Crippen molar-refractivity contribution in [1.29, 1.82) is 0 Å². The van der Waals surface area contributed by atoms with Crippen molar-refractivity contribution in [2.45, 2.75) is 6.92 Å². The molecule has 8 nitrogen and oxygen atoms in total. The predicted octanol–water partition coefficient (Wildman–Crippen LogP) is 3.30. The number of nitrogens with one attached hydrogen (secondary N) is 1. The Morgan fingerprint density at radius 3 is 2.65 bits per heavy atom. The number of halogens is 1. The molecule has 0 atom stereocenters. The van der Waals surface area contributed by atoms with Crippen LogP contribution in [0, 0.1) is 6.92 Å². The molecule has 2 aromatic carbocycles. The second-order valence-electron chi connectivity index (χ2n) is 6.58. The number of ether oxygens (including phenoxy) is 1. The van der Waals surface area contributed by atoms with Gasteiger partial charge < -0.3 is 15.8 Å². The van der Waals surface area contributed by atoms with E-state index in [9.17, 15) is 19.2 Å². The maximum absolute atomic E-state index is 12.3. The molecule has 1 aliphatic heterocycles. The molecule has 31 heavy (non-hydrogen) atoms. The van der Waals surface area contributed by atoms with Crippen molar-refractivity contribution in [1.82, 2.24) is 4.90 Å². The third-order valence-electron chi connectivity index (χ3n) is 4.22. The van der Waals surface area contributed by atoms with Crippen molar-refractivity contribution in [3.63, 3.8) is 0 Å². The van der Waals surface area contributed by atoms with E-state index in [1.807, 2.05) is 31.2 Å². The van der Waals surface area contributed by atoms with Crippen LogP contribution in [0.15, 0.2) is 51.8 Å². The fourth-order valence-electron chi connectivity index (χ4n) is 2.71. The molecule has 0 aliphatic carbocycles. The highest BCUT2D eigenvalue weighted by molar-refractivity contribution is 9.10. The smallest absolute Gasteiger partial charge is 0.294 e. The van der Waals surface area contributed by atoms with Gasteiger partial charge in [-0.05, 0) is 70.0 Å². The van der Waals surface area contributed by atoms with Gasteiger partial charge in [0.15, 0.2) is 6.61 Å². The number of carbonyl (C=O) groups is 4. The number of benzene rings is 2. The first-order valence-electron chi connectivity index (χ1n) is 9.06. The van der Waals surface area contributed by atoms with Gasteiger partial charge in [0.2, 0.25) is 5.91 Å². The molecule has 2 aromatic rings. The van der Waals surface area contributed by atoms with Crippen molar-refractivity contribution in [2.75, 3.05) is 18.5 Å². The largest absolute Gasteiger partial charge is 0.483 e. The van der Waals surface area contributed by atoms with Crippen LogP contribution < -0.4 is 15.8 Å². The summed E-state index contributed by atoms with van der Waals surface area (Å²) >= 11 is 4.12. The number of nitrogens with zero attached hydrogens (tertiary/aromatic N) is 1.